The van der Waals surface area contributed by atoms with Crippen molar-refractivity contribution in [2.75, 3.05) is 20.0 Å². The zero-order valence-electron chi connectivity index (χ0n) is 9.84. The minimum atomic E-state index is -0.487. The molecule has 0 saturated heterocycles. The van der Waals surface area contributed by atoms with Crippen LogP contribution < -0.4 is 10.5 Å². The van der Waals surface area contributed by atoms with E-state index in [0.29, 0.717) is 22.3 Å². The summed E-state index contributed by atoms with van der Waals surface area (Å²) in [5.74, 6) is -0.0482. The SMILES string of the molecule is COC(=O)c1csc(-c2nc(OC)ccc2N)n1. The van der Waals surface area contributed by atoms with E-state index in [9.17, 15) is 4.79 Å². The highest BCUT2D eigenvalue weighted by Crippen LogP contribution is 2.28. The Balaban J connectivity index is 2.42. The van der Waals surface area contributed by atoms with Gasteiger partial charge in [0, 0.05) is 11.4 Å². The number of methoxy groups -OCH3 is 2. The molecule has 0 spiro atoms. The number of hydrogen-bond acceptors (Lipinski definition) is 7. The smallest absolute Gasteiger partial charge is 0.357 e. The fourth-order valence-electron chi connectivity index (χ4n) is 1.32. The zero-order valence-corrected chi connectivity index (χ0v) is 10.7. The predicted octanol–water partition coefficient (Wildman–Crippen LogP) is 1.58. The lowest BCUT2D eigenvalue weighted by Crippen LogP contribution is -2.01. The summed E-state index contributed by atoms with van der Waals surface area (Å²) >= 11 is 1.27. The summed E-state index contributed by atoms with van der Waals surface area (Å²) in [5.41, 5.74) is 7.03. The normalized spacial score (nSPS) is 10.1. The fraction of sp³-hybridized carbons (Fsp3) is 0.182. The van der Waals surface area contributed by atoms with Crippen molar-refractivity contribution in [1.29, 1.82) is 0 Å². The molecule has 6 nitrogen and oxygen atoms in total. The van der Waals surface area contributed by atoms with Gasteiger partial charge in [0.25, 0.3) is 0 Å². The second-order valence-corrected chi connectivity index (χ2v) is 4.18. The molecule has 2 aromatic rings. The molecule has 0 aliphatic carbocycles. The predicted molar refractivity (Wildman–Crippen MR) is 67.6 cm³/mol. The zero-order chi connectivity index (χ0) is 13.1. The number of carbonyl (C=O) groups is 1. The first-order valence-electron chi connectivity index (χ1n) is 5.00. The topological polar surface area (TPSA) is 87.3 Å². The first-order valence-corrected chi connectivity index (χ1v) is 5.88. The van der Waals surface area contributed by atoms with Crippen LogP contribution in [0.4, 0.5) is 5.69 Å². The van der Waals surface area contributed by atoms with Crippen LogP contribution in [0.15, 0.2) is 17.5 Å². The number of carbonyl (C=O) groups excluding carboxylic acids is 1. The average Bonchev–Trinajstić information content (AvgIpc) is 2.88. The van der Waals surface area contributed by atoms with Crippen molar-refractivity contribution < 1.29 is 14.3 Å². The number of aromatic nitrogens is 2. The Kier molecular flexibility index (Phi) is 3.42. The third-order valence-electron chi connectivity index (χ3n) is 2.21. The Morgan fingerprint density at radius 3 is 2.78 bits per heavy atom. The molecule has 2 aromatic heterocycles. The van der Waals surface area contributed by atoms with Crippen molar-refractivity contribution in [3.63, 3.8) is 0 Å². The van der Waals surface area contributed by atoms with Crippen LogP contribution in [0.25, 0.3) is 10.7 Å². The number of nitrogens with zero attached hydrogens (tertiary/aromatic N) is 2. The van der Waals surface area contributed by atoms with E-state index in [-0.39, 0.29) is 5.69 Å². The summed E-state index contributed by atoms with van der Waals surface area (Å²) in [7, 11) is 2.82. The van der Waals surface area contributed by atoms with Crippen molar-refractivity contribution in [3.05, 3.63) is 23.2 Å². The molecule has 0 saturated carbocycles. The number of nitrogens with two attached hydrogens (primary N) is 1. The van der Waals surface area contributed by atoms with Crippen molar-refractivity contribution in [1.82, 2.24) is 9.97 Å². The fourth-order valence-corrected chi connectivity index (χ4v) is 2.12. The van der Waals surface area contributed by atoms with Gasteiger partial charge < -0.3 is 15.2 Å². The quantitative estimate of drug-likeness (QED) is 0.848. The molecule has 2 N–H and O–H groups in total. The Morgan fingerprint density at radius 2 is 2.11 bits per heavy atom. The molecule has 0 radical (unpaired) electrons. The van der Waals surface area contributed by atoms with Crippen LogP contribution in [0, 0.1) is 0 Å². The molecule has 0 fully saturated rings. The van der Waals surface area contributed by atoms with Gasteiger partial charge in [-0.15, -0.1) is 11.3 Å². The molecule has 0 amide bonds. The molecular weight excluding hydrogens is 254 g/mol. The van der Waals surface area contributed by atoms with Gasteiger partial charge in [0.05, 0.1) is 19.9 Å². The van der Waals surface area contributed by atoms with Crippen LogP contribution >= 0.6 is 11.3 Å². The minimum Gasteiger partial charge on any atom is -0.481 e. The Hall–Kier alpha value is -2.15. The van der Waals surface area contributed by atoms with Gasteiger partial charge in [-0.25, -0.2) is 14.8 Å². The number of ether oxygens (including phenoxy) is 2. The Morgan fingerprint density at radius 1 is 1.33 bits per heavy atom. The van der Waals surface area contributed by atoms with E-state index in [1.165, 1.54) is 25.6 Å². The minimum absolute atomic E-state index is 0.238. The highest BCUT2D eigenvalue weighted by molar-refractivity contribution is 7.13. The van der Waals surface area contributed by atoms with Gasteiger partial charge in [-0.3, -0.25) is 0 Å². The molecule has 2 heterocycles. The molecule has 0 aliphatic heterocycles. The van der Waals surface area contributed by atoms with E-state index in [0.717, 1.165) is 0 Å². The maximum Gasteiger partial charge on any atom is 0.357 e. The molecule has 2 rings (SSSR count). The molecule has 0 aliphatic rings. The summed E-state index contributed by atoms with van der Waals surface area (Å²) in [6.07, 6.45) is 0. The van der Waals surface area contributed by atoms with Crippen LogP contribution in [0.1, 0.15) is 10.5 Å². The molecular formula is C11H11N3O3S. The van der Waals surface area contributed by atoms with Crippen molar-refractivity contribution in [2.24, 2.45) is 0 Å². The lowest BCUT2D eigenvalue weighted by atomic mass is 10.3. The highest BCUT2D eigenvalue weighted by atomic mass is 32.1. The van der Waals surface area contributed by atoms with Crippen LogP contribution in [-0.2, 0) is 4.74 Å². The molecule has 0 bridgehead atoms. The first-order chi connectivity index (χ1) is 8.65. The average molecular weight is 265 g/mol. The molecule has 0 unspecified atom stereocenters. The van der Waals surface area contributed by atoms with Gasteiger partial charge in [-0.1, -0.05) is 0 Å². The number of nitrogen functional groups attached to an aromatic ring is 1. The van der Waals surface area contributed by atoms with Crippen LogP contribution in [0.2, 0.25) is 0 Å². The van der Waals surface area contributed by atoms with Gasteiger partial charge >= 0.3 is 5.97 Å². The first kappa shape index (κ1) is 12.3. The van der Waals surface area contributed by atoms with Gasteiger partial charge in [0.1, 0.15) is 10.7 Å². The Bertz CT molecular complexity index is 583. The number of esters is 1. The van der Waals surface area contributed by atoms with Crippen LogP contribution in [0.5, 0.6) is 5.88 Å². The maximum absolute atomic E-state index is 11.3. The summed E-state index contributed by atoms with van der Waals surface area (Å²) in [5, 5.41) is 2.15. The highest BCUT2D eigenvalue weighted by Gasteiger charge is 2.15. The summed E-state index contributed by atoms with van der Waals surface area (Å²) < 4.78 is 9.61. The van der Waals surface area contributed by atoms with E-state index < -0.39 is 5.97 Å². The van der Waals surface area contributed by atoms with Gasteiger partial charge in [0.2, 0.25) is 5.88 Å². The monoisotopic (exact) mass is 265 g/mol. The van der Waals surface area contributed by atoms with Crippen molar-refractivity contribution in [3.8, 4) is 16.6 Å². The number of anilines is 1. The lowest BCUT2D eigenvalue weighted by Gasteiger charge is -2.03. The van der Waals surface area contributed by atoms with Crippen LogP contribution in [0.3, 0.4) is 0 Å². The second kappa shape index (κ2) is 5.01. The van der Waals surface area contributed by atoms with E-state index >= 15 is 0 Å². The second-order valence-electron chi connectivity index (χ2n) is 3.32. The summed E-state index contributed by atoms with van der Waals surface area (Å²) in [6.45, 7) is 0. The van der Waals surface area contributed by atoms with E-state index in [1.54, 1.807) is 17.5 Å². The lowest BCUT2D eigenvalue weighted by molar-refractivity contribution is 0.0595. The molecule has 0 aromatic carbocycles. The third kappa shape index (κ3) is 2.25. The van der Waals surface area contributed by atoms with Gasteiger partial charge in [-0.2, -0.15) is 0 Å². The van der Waals surface area contributed by atoms with Gasteiger partial charge in [0.15, 0.2) is 5.69 Å². The molecule has 94 valence electrons. The van der Waals surface area contributed by atoms with Crippen molar-refractivity contribution >= 4 is 23.0 Å². The summed E-state index contributed by atoms with van der Waals surface area (Å²) in [6, 6.07) is 3.34. The largest absolute Gasteiger partial charge is 0.481 e. The number of thiazole rings is 1. The molecule has 7 heteroatoms. The number of pyridine rings is 1. The summed E-state index contributed by atoms with van der Waals surface area (Å²) in [4.78, 5) is 19.7. The number of hydrogen-bond donors (Lipinski definition) is 1. The maximum atomic E-state index is 11.3. The molecule has 18 heavy (non-hydrogen) atoms. The Labute approximate surface area is 107 Å². The third-order valence-corrected chi connectivity index (χ3v) is 3.06. The van der Waals surface area contributed by atoms with Gasteiger partial charge in [-0.05, 0) is 6.07 Å². The molecule has 0 atom stereocenters. The standard InChI is InChI=1S/C11H11N3O3S/c1-16-8-4-3-6(12)9(14-8)10-13-7(5-18-10)11(15)17-2/h3-5H,12H2,1-2H3. The van der Waals surface area contributed by atoms with Crippen LogP contribution in [-0.4, -0.2) is 30.2 Å². The van der Waals surface area contributed by atoms with Crippen molar-refractivity contribution in [2.45, 2.75) is 0 Å². The van der Waals surface area contributed by atoms with E-state index in [4.69, 9.17) is 10.5 Å². The van der Waals surface area contributed by atoms with E-state index in [1.807, 2.05) is 0 Å². The van der Waals surface area contributed by atoms with E-state index in [2.05, 4.69) is 14.7 Å². The number of rotatable bonds is 3.